The van der Waals surface area contributed by atoms with Crippen LogP contribution in [-0.2, 0) is 21.4 Å². The molecule has 0 radical (unpaired) electrons. The number of anilines is 1. The Morgan fingerprint density at radius 1 is 1.45 bits per heavy atom. The van der Waals surface area contributed by atoms with E-state index in [4.69, 9.17) is 5.14 Å². The van der Waals surface area contributed by atoms with Gasteiger partial charge in [-0.05, 0) is 12.5 Å². The van der Waals surface area contributed by atoms with Crippen LogP contribution in [0, 0.1) is 12.8 Å². The number of sulfonamides is 1. The summed E-state index contributed by atoms with van der Waals surface area (Å²) in [5, 5.41) is 14.4. The maximum absolute atomic E-state index is 12.1. The quantitative estimate of drug-likeness (QED) is 0.825. The molecule has 20 heavy (non-hydrogen) atoms. The van der Waals surface area contributed by atoms with Crippen LogP contribution in [0.4, 0.5) is 5.69 Å². The minimum Gasteiger partial charge on any atom is -0.392 e. The molecule has 0 spiro atoms. The largest absolute Gasteiger partial charge is 0.392 e. The van der Waals surface area contributed by atoms with Gasteiger partial charge in [0.05, 0.1) is 18.0 Å². The van der Waals surface area contributed by atoms with Crippen molar-refractivity contribution in [1.29, 1.82) is 0 Å². The molecule has 2 rings (SSSR count). The lowest BCUT2D eigenvalue weighted by Gasteiger charge is -2.22. The Balaban J connectivity index is 2.29. The van der Waals surface area contributed by atoms with Crippen molar-refractivity contribution in [3.8, 4) is 0 Å². The van der Waals surface area contributed by atoms with Gasteiger partial charge in [0.2, 0.25) is 15.9 Å². The maximum atomic E-state index is 12.1. The van der Waals surface area contributed by atoms with Gasteiger partial charge in [-0.2, -0.15) is 0 Å². The Labute approximate surface area is 118 Å². The van der Waals surface area contributed by atoms with Crippen LogP contribution in [0.5, 0.6) is 0 Å². The Morgan fingerprint density at radius 2 is 2.15 bits per heavy atom. The van der Waals surface area contributed by atoms with Crippen molar-refractivity contribution in [2.24, 2.45) is 11.1 Å². The van der Waals surface area contributed by atoms with Crippen molar-refractivity contribution in [2.75, 3.05) is 17.2 Å². The minimum absolute atomic E-state index is 0.136. The summed E-state index contributed by atoms with van der Waals surface area (Å²) >= 11 is 0. The van der Waals surface area contributed by atoms with E-state index >= 15 is 0 Å². The molecule has 1 atom stereocenters. The number of benzene rings is 1. The molecule has 1 amide bonds. The Hall–Kier alpha value is -1.44. The first kappa shape index (κ1) is 15.0. The van der Waals surface area contributed by atoms with Gasteiger partial charge in [0.1, 0.15) is 0 Å². The first-order valence-corrected chi connectivity index (χ1v) is 8.03. The van der Waals surface area contributed by atoms with Crippen LogP contribution < -0.4 is 10.0 Å². The van der Waals surface area contributed by atoms with Crippen LogP contribution in [-0.4, -0.2) is 31.7 Å². The summed E-state index contributed by atoms with van der Waals surface area (Å²) in [6.07, 6.45) is 0.162. The average Bonchev–Trinajstić information content (AvgIpc) is 2.67. The number of nitrogens with two attached hydrogens (primary N) is 1. The Kier molecular flexibility index (Phi) is 4.12. The number of aryl methyl sites for hydroxylation is 1. The van der Waals surface area contributed by atoms with E-state index in [1.54, 1.807) is 11.0 Å². The zero-order valence-electron chi connectivity index (χ0n) is 11.2. The second kappa shape index (κ2) is 5.51. The lowest BCUT2D eigenvalue weighted by atomic mass is 10.1. The molecule has 1 aromatic rings. The van der Waals surface area contributed by atoms with Crippen molar-refractivity contribution >= 4 is 21.6 Å². The van der Waals surface area contributed by atoms with Crippen molar-refractivity contribution in [2.45, 2.75) is 20.0 Å². The number of carbonyl (C=O) groups is 1. The normalized spacial score (nSPS) is 19.6. The summed E-state index contributed by atoms with van der Waals surface area (Å²) < 4.78 is 22.3. The van der Waals surface area contributed by atoms with E-state index in [0.29, 0.717) is 17.8 Å². The predicted molar refractivity (Wildman–Crippen MR) is 75.5 cm³/mol. The smallest absolute Gasteiger partial charge is 0.227 e. The standard InChI is InChI=1S/C13H18N2O4S/c1-9-3-2-4-11(7-16)13(9)15-6-10(5-12(15)17)8-20(14,18)19/h2-4,10,16H,5-8H2,1H3,(H2,14,18,19). The van der Waals surface area contributed by atoms with Crippen molar-refractivity contribution < 1.29 is 18.3 Å². The highest BCUT2D eigenvalue weighted by molar-refractivity contribution is 7.89. The lowest BCUT2D eigenvalue weighted by molar-refractivity contribution is -0.117. The Bertz CT molecular complexity index is 627. The van der Waals surface area contributed by atoms with Gasteiger partial charge in [-0.15, -0.1) is 0 Å². The first-order valence-electron chi connectivity index (χ1n) is 6.32. The van der Waals surface area contributed by atoms with E-state index in [0.717, 1.165) is 5.56 Å². The lowest BCUT2D eigenvalue weighted by Crippen LogP contribution is -2.28. The summed E-state index contributed by atoms with van der Waals surface area (Å²) in [6, 6.07) is 5.42. The SMILES string of the molecule is Cc1cccc(CO)c1N1CC(CS(N)(=O)=O)CC1=O. The third-order valence-electron chi connectivity index (χ3n) is 3.43. The molecule has 3 N–H and O–H groups in total. The van der Waals surface area contributed by atoms with E-state index in [1.807, 2.05) is 19.1 Å². The second-order valence-corrected chi connectivity index (χ2v) is 6.80. The minimum atomic E-state index is -3.59. The van der Waals surface area contributed by atoms with Crippen molar-refractivity contribution in [1.82, 2.24) is 0 Å². The van der Waals surface area contributed by atoms with E-state index in [2.05, 4.69) is 0 Å². The molecule has 1 saturated heterocycles. The molecule has 1 aromatic carbocycles. The van der Waals surface area contributed by atoms with Crippen LogP contribution in [0.2, 0.25) is 0 Å². The number of carbonyl (C=O) groups excluding carboxylic acids is 1. The van der Waals surface area contributed by atoms with Crippen LogP contribution in [0.25, 0.3) is 0 Å². The monoisotopic (exact) mass is 298 g/mol. The van der Waals surface area contributed by atoms with E-state index < -0.39 is 10.0 Å². The van der Waals surface area contributed by atoms with Gasteiger partial charge in [0.15, 0.2) is 0 Å². The summed E-state index contributed by atoms with van der Waals surface area (Å²) in [5.74, 6) is -0.637. The molecule has 1 fully saturated rings. The number of aliphatic hydroxyl groups is 1. The van der Waals surface area contributed by atoms with E-state index in [-0.39, 0.29) is 30.6 Å². The number of para-hydroxylation sites is 1. The molecule has 1 unspecified atom stereocenters. The first-order chi connectivity index (χ1) is 9.31. The fourth-order valence-electron chi connectivity index (χ4n) is 2.67. The number of amides is 1. The van der Waals surface area contributed by atoms with Gasteiger partial charge >= 0.3 is 0 Å². The number of hydrogen-bond donors (Lipinski definition) is 2. The van der Waals surface area contributed by atoms with Gasteiger partial charge in [-0.25, -0.2) is 13.6 Å². The van der Waals surface area contributed by atoms with Crippen molar-refractivity contribution in [3.05, 3.63) is 29.3 Å². The summed E-state index contributed by atoms with van der Waals surface area (Å²) in [6.45, 7) is 2.00. The van der Waals surface area contributed by atoms with Gasteiger partial charge in [0, 0.05) is 24.4 Å². The van der Waals surface area contributed by atoms with Gasteiger partial charge in [0.25, 0.3) is 0 Å². The maximum Gasteiger partial charge on any atom is 0.227 e. The average molecular weight is 298 g/mol. The molecular formula is C13H18N2O4S. The summed E-state index contributed by atoms with van der Waals surface area (Å²) in [7, 11) is -3.59. The second-order valence-electron chi connectivity index (χ2n) is 5.14. The third kappa shape index (κ3) is 3.17. The highest BCUT2D eigenvalue weighted by atomic mass is 32.2. The van der Waals surface area contributed by atoms with Crippen LogP contribution in [0.15, 0.2) is 18.2 Å². The molecule has 6 nitrogen and oxygen atoms in total. The molecule has 0 saturated carbocycles. The van der Waals surface area contributed by atoms with Gasteiger partial charge in [-0.1, -0.05) is 18.2 Å². The molecule has 0 bridgehead atoms. The zero-order valence-corrected chi connectivity index (χ0v) is 12.1. The van der Waals surface area contributed by atoms with E-state index in [9.17, 15) is 18.3 Å². The van der Waals surface area contributed by atoms with Gasteiger partial charge < -0.3 is 10.0 Å². The number of rotatable bonds is 4. The van der Waals surface area contributed by atoms with Crippen LogP contribution in [0.1, 0.15) is 17.5 Å². The molecule has 1 aliphatic rings. The molecule has 0 aromatic heterocycles. The molecule has 1 heterocycles. The topological polar surface area (TPSA) is 101 Å². The number of nitrogens with zero attached hydrogens (tertiary/aromatic N) is 1. The highest BCUT2D eigenvalue weighted by Gasteiger charge is 2.34. The number of hydrogen-bond acceptors (Lipinski definition) is 4. The fourth-order valence-corrected chi connectivity index (χ4v) is 3.55. The predicted octanol–water partition coefficient (Wildman–Crippen LogP) is 0.129. The third-order valence-corrected chi connectivity index (χ3v) is 4.37. The summed E-state index contributed by atoms with van der Waals surface area (Å²) in [4.78, 5) is 13.7. The van der Waals surface area contributed by atoms with Gasteiger partial charge in [-0.3, -0.25) is 4.79 Å². The summed E-state index contributed by atoms with van der Waals surface area (Å²) in [5.41, 5.74) is 2.22. The Morgan fingerprint density at radius 3 is 2.75 bits per heavy atom. The fraction of sp³-hybridized carbons (Fsp3) is 0.462. The molecule has 110 valence electrons. The molecule has 7 heteroatoms. The molecular weight excluding hydrogens is 280 g/mol. The zero-order chi connectivity index (χ0) is 14.9. The molecule has 0 aliphatic carbocycles. The number of primary sulfonamides is 1. The van der Waals surface area contributed by atoms with Crippen LogP contribution in [0.3, 0.4) is 0 Å². The van der Waals surface area contributed by atoms with Crippen molar-refractivity contribution in [3.63, 3.8) is 0 Å². The molecule has 1 aliphatic heterocycles. The van der Waals surface area contributed by atoms with Crippen LogP contribution >= 0.6 is 0 Å². The van der Waals surface area contributed by atoms with E-state index in [1.165, 1.54) is 0 Å². The number of aliphatic hydroxyl groups excluding tert-OH is 1. The highest BCUT2D eigenvalue weighted by Crippen LogP contribution is 2.31.